The molecule has 2 heterocycles. The Morgan fingerprint density at radius 2 is 1.40 bits per heavy atom. The molecule has 0 unspecified atom stereocenters. The molecule has 1 fully saturated rings. The van der Waals surface area contributed by atoms with Gasteiger partial charge in [0.25, 0.3) is 0 Å². The third-order valence-corrected chi connectivity index (χ3v) is 6.62. The quantitative estimate of drug-likeness (QED) is 0.316. The lowest BCUT2D eigenvalue weighted by Crippen LogP contribution is -2.47. The Morgan fingerprint density at radius 3 is 2.00 bits per heavy atom. The van der Waals surface area contributed by atoms with E-state index in [1.54, 1.807) is 0 Å². The van der Waals surface area contributed by atoms with Gasteiger partial charge >= 0.3 is 5.97 Å². The van der Waals surface area contributed by atoms with E-state index in [1.807, 2.05) is 67.6 Å². The molecule has 1 aliphatic rings. The summed E-state index contributed by atoms with van der Waals surface area (Å²) in [6, 6.07) is 28.2. The van der Waals surface area contributed by atoms with Crippen LogP contribution in [0, 0.1) is 0 Å². The van der Waals surface area contributed by atoms with Crippen LogP contribution in [0.2, 0.25) is 5.02 Å². The van der Waals surface area contributed by atoms with Crippen molar-refractivity contribution < 1.29 is 9.53 Å². The van der Waals surface area contributed by atoms with Crippen LogP contribution in [0.5, 0.6) is 0 Å². The van der Waals surface area contributed by atoms with Gasteiger partial charge in [-0.1, -0.05) is 72.3 Å². The monoisotopic (exact) mass is 485 g/mol. The summed E-state index contributed by atoms with van der Waals surface area (Å²) < 4.78 is 5.56. The van der Waals surface area contributed by atoms with Crippen molar-refractivity contribution in [3.63, 3.8) is 0 Å². The van der Waals surface area contributed by atoms with Gasteiger partial charge in [0.15, 0.2) is 0 Å². The van der Waals surface area contributed by atoms with Crippen LogP contribution in [0.25, 0.3) is 22.4 Å². The molecule has 1 aromatic heterocycles. The second kappa shape index (κ2) is 10.3. The van der Waals surface area contributed by atoms with Gasteiger partial charge in [0.2, 0.25) is 0 Å². The molecule has 5 nitrogen and oxygen atoms in total. The van der Waals surface area contributed by atoms with E-state index in [0.717, 1.165) is 65.1 Å². The van der Waals surface area contributed by atoms with Crippen LogP contribution in [0.15, 0.2) is 84.9 Å². The molecule has 0 amide bonds. The zero-order valence-corrected chi connectivity index (χ0v) is 20.5. The van der Waals surface area contributed by atoms with E-state index >= 15 is 0 Å². The maximum absolute atomic E-state index is 13.4. The molecule has 4 aromatic rings. The number of carbonyl (C=O) groups excluding carboxylic acids is 1. The minimum Gasteiger partial charge on any atom is -0.462 e. The Kier molecular flexibility index (Phi) is 6.77. The molecule has 0 radical (unpaired) electrons. The zero-order chi connectivity index (χ0) is 24.2. The van der Waals surface area contributed by atoms with Gasteiger partial charge in [-0.25, -0.2) is 4.79 Å². The molecule has 0 bridgehead atoms. The maximum Gasteiger partial charge on any atom is 0.342 e. The lowest BCUT2D eigenvalue weighted by molar-refractivity contribution is 0.0528. The first kappa shape index (κ1) is 23.1. The predicted octanol–water partition coefficient (Wildman–Crippen LogP) is 6.51. The number of rotatable bonds is 6. The van der Waals surface area contributed by atoms with Gasteiger partial charge in [0.1, 0.15) is 11.4 Å². The zero-order valence-electron chi connectivity index (χ0n) is 19.7. The second-order valence-corrected chi connectivity index (χ2v) is 8.94. The second-order valence-electron chi connectivity index (χ2n) is 8.50. The smallest absolute Gasteiger partial charge is 0.342 e. The average Bonchev–Trinajstić information content (AvgIpc) is 3.31. The summed E-state index contributed by atoms with van der Waals surface area (Å²) in [5.41, 5.74) is 5.57. The van der Waals surface area contributed by atoms with Crippen molar-refractivity contribution in [2.24, 2.45) is 0 Å². The molecule has 0 spiro atoms. The number of H-pyrrole nitrogens is 1. The largest absolute Gasteiger partial charge is 0.462 e. The number of halogens is 1. The number of esters is 1. The van der Waals surface area contributed by atoms with E-state index in [9.17, 15) is 4.79 Å². The van der Waals surface area contributed by atoms with Crippen molar-refractivity contribution in [1.29, 1.82) is 0 Å². The highest BCUT2D eigenvalue weighted by atomic mass is 35.5. The van der Waals surface area contributed by atoms with Crippen LogP contribution in [-0.4, -0.2) is 43.7 Å². The topological polar surface area (TPSA) is 48.6 Å². The van der Waals surface area contributed by atoms with Crippen molar-refractivity contribution in [2.45, 2.75) is 6.92 Å². The number of ether oxygens (including phenoxy) is 1. The van der Waals surface area contributed by atoms with Gasteiger partial charge in [0, 0.05) is 42.5 Å². The highest BCUT2D eigenvalue weighted by Crippen LogP contribution is 2.41. The molecule has 0 atom stereocenters. The van der Waals surface area contributed by atoms with Crippen molar-refractivity contribution in [3.05, 3.63) is 95.5 Å². The predicted molar refractivity (Wildman–Crippen MR) is 143 cm³/mol. The lowest BCUT2D eigenvalue weighted by Gasteiger charge is -2.37. The van der Waals surface area contributed by atoms with Crippen LogP contribution in [0.4, 0.5) is 11.5 Å². The van der Waals surface area contributed by atoms with E-state index in [0.29, 0.717) is 12.2 Å². The highest BCUT2D eigenvalue weighted by molar-refractivity contribution is 6.30. The fraction of sp³-hybridized carbons (Fsp3) is 0.207. The van der Waals surface area contributed by atoms with Crippen LogP contribution >= 0.6 is 11.6 Å². The van der Waals surface area contributed by atoms with Gasteiger partial charge in [-0.05, 0) is 42.3 Å². The number of nitrogens with zero attached hydrogens (tertiary/aromatic N) is 2. The minimum absolute atomic E-state index is 0.306. The van der Waals surface area contributed by atoms with E-state index in [2.05, 4.69) is 39.0 Å². The fourth-order valence-corrected chi connectivity index (χ4v) is 4.81. The first-order chi connectivity index (χ1) is 17.2. The fourth-order valence-electron chi connectivity index (χ4n) is 4.68. The molecule has 1 saturated heterocycles. The average molecular weight is 486 g/mol. The van der Waals surface area contributed by atoms with E-state index in [-0.39, 0.29) is 5.97 Å². The number of nitrogens with one attached hydrogen (secondary N) is 1. The summed E-state index contributed by atoms with van der Waals surface area (Å²) in [5.74, 6) is 0.511. The van der Waals surface area contributed by atoms with Gasteiger partial charge in [-0.3, -0.25) is 0 Å². The number of hydrogen-bond acceptors (Lipinski definition) is 4. The van der Waals surface area contributed by atoms with Crippen molar-refractivity contribution in [1.82, 2.24) is 4.98 Å². The molecular weight excluding hydrogens is 458 g/mol. The Labute approximate surface area is 210 Å². The molecule has 1 aliphatic heterocycles. The molecule has 6 heteroatoms. The molecule has 0 saturated carbocycles. The standard InChI is InChI=1S/C29H28ClN3O2/c1-2-35-29(34)26-25(21-9-5-3-6-10-21)27(22-11-7-4-8-12-22)31-28(26)33-19-17-32(18-20-33)24-15-13-23(30)14-16-24/h3-16,31H,2,17-20H2,1H3. The highest BCUT2D eigenvalue weighted by Gasteiger charge is 2.30. The number of carbonyl (C=O) groups is 1. The first-order valence-electron chi connectivity index (χ1n) is 11.9. The molecule has 5 rings (SSSR count). The number of benzene rings is 3. The van der Waals surface area contributed by atoms with E-state index in [4.69, 9.17) is 16.3 Å². The van der Waals surface area contributed by atoms with E-state index < -0.39 is 0 Å². The lowest BCUT2D eigenvalue weighted by atomic mass is 9.97. The van der Waals surface area contributed by atoms with Crippen LogP contribution in [-0.2, 0) is 4.74 Å². The van der Waals surface area contributed by atoms with E-state index in [1.165, 1.54) is 0 Å². The number of anilines is 2. The molecule has 3 aromatic carbocycles. The SMILES string of the molecule is CCOC(=O)c1c(N2CCN(c3ccc(Cl)cc3)CC2)[nH]c(-c2ccccc2)c1-c1ccccc1. The summed E-state index contributed by atoms with van der Waals surface area (Å²) >= 11 is 6.07. The normalized spacial score (nSPS) is 13.7. The molecule has 0 aliphatic carbocycles. The molecular formula is C29H28ClN3O2. The number of aromatic nitrogens is 1. The van der Waals surface area contributed by atoms with Crippen LogP contribution in [0.3, 0.4) is 0 Å². The molecule has 35 heavy (non-hydrogen) atoms. The number of hydrogen-bond donors (Lipinski definition) is 1. The summed E-state index contributed by atoms with van der Waals surface area (Å²) in [6.07, 6.45) is 0. The Bertz CT molecular complexity index is 1280. The summed E-state index contributed by atoms with van der Waals surface area (Å²) in [5, 5.41) is 0.736. The van der Waals surface area contributed by atoms with Crippen LogP contribution in [0.1, 0.15) is 17.3 Å². The minimum atomic E-state index is -0.306. The van der Waals surface area contributed by atoms with Gasteiger partial charge < -0.3 is 19.5 Å². The Hall–Kier alpha value is -3.70. The van der Waals surface area contributed by atoms with Crippen LogP contribution < -0.4 is 9.80 Å². The molecule has 1 N–H and O–H groups in total. The van der Waals surface area contributed by atoms with Crippen molar-refractivity contribution >= 4 is 29.1 Å². The summed E-state index contributed by atoms with van der Waals surface area (Å²) in [6.45, 7) is 5.39. The first-order valence-corrected chi connectivity index (χ1v) is 12.3. The van der Waals surface area contributed by atoms with Gasteiger partial charge in [0.05, 0.1) is 12.3 Å². The summed E-state index contributed by atoms with van der Waals surface area (Å²) in [7, 11) is 0. The van der Waals surface area contributed by atoms with Gasteiger partial charge in [-0.15, -0.1) is 0 Å². The third-order valence-electron chi connectivity index (χ3n) is 6.37. The van der Waals surface area contributed by atoms with Gasteiger partial charge in [-0.2, -0.15) is 0 Å². The molecule has 178 valence electrons. The number of piperazine rings is 1. The Morgan fingerprint density at radius 1 is 0.829 bits per heavy atom. The Balaban J connectivity index is 1.56. The number of aromatic amines is 1. The third kappa shape index (κ3) is 4.77. The summed E-state index contributed by atoms with van der Waals surface area (Å²) in [4.78, 5) is 21.6. The van der Waals surface area contributed by atoms with Crippen molar-refractivity contribution in [3.8, 4) is 22.4 Å². The maximum atomic E-state index is 13.4. The van der Waals surface area contributed by atoms with Crippen molar-refractivity contribution in [2.75, 3.05) is 42.6 Å².